The second kappa shape index (κ2) is 7.73. The van der Waals surface area contributed by atoms with Gasteiger partial charge in [0.2, 0.25) is 10.0 Å². The first-order chi connectivity index (χ1) is 9.58. The summed E-state index contributed by atoms with van der Waals surface area (Å²) in [6, 6.07) is 0.544. The topological polar surface area (TPSA) is 67.4 Å². The molecule has 0 aromatic carbocycles. The first-order valence-electron chi connectivity index (χ1n) is 7.91. The Balaban J connectivity index is 1.58. The lowest BCUT2D eigenvalue weighted by Crippen LogP contribution is -2.41. The van der Waals surface area contributed by atoms with E-state index in [4.69, 9.17) is 4.74 Å². The normalized spacial score (nSPS) is 22.9. The van der Waals surface area contributed by atoms with Crippen molar-refractivity contribution >= 4 is 10.0 Å². The molecule has 1 unspecified atom stereocenters. The quantitative estimate of drug-likeness (QED) is 0.632. The van der Waals surface area contributed by atoms with Crippen LogP contribution < -0.4 is 10.0 Å². The molecule has 2 rings (SSSR count). The average molecular weight is 304 g/mol. The first-order valence-corrected chi connectivity index (χ1v) is 9.46. The van der Waals surface area contributed by atoms with Gasteiger partial charge in [0.15, 0.2) is 0 Å². The fourth-order valence-electron chi connectivity index (χ4n) is 2.51. The molecule has 0 heterocycles. The molecule has 0 radical (unpaired) electrons. The van der Waals surface area contributed by atoms with E-state index in [9.17, 15) is 8.42 Å². The second-order valence-electron chi connectivity index (χ2n) is 6.06. The minimum atomic E-state index is -3.22. The Kier molecular flexibility index (Phi) is 6.26. The number of hydrogen-bond acceptors (Lipinski definition) is 4. The summed E-state index contributed by atoms with van der Waals surface area (Å²) in [6.45, 7) is 3.14. The molecule has 2 aliphatic rings. The van der Waals surface area contributed by atoms with Crippen LogP contribution >= 0.6 is 0 Å². The minimum Gasteiger partial charge on any atom is -0.377 e. The highest BCUT2D eigenvalue weighted by Crippen LogP contribution is 2.20. The van der Waals surface area contributed by atoms with Gasteiger partial charge in [0.05, 0.1) is 18.0 Å². The molecule has 20 heavy (non-hydrogen) atoms. The van der Waals surface area contributed by atoms with E-state index in [1.807, 2.05) is 0 Å². The molecule has 118 valence electrons. The number of nitrogens with one attached hydrogen (secondary N) is 2. The zero-order valence-corrected chi connectivity index (χ0v) is 13.3. The summed E-state index contributed by atoms with van der Waals surface area (Å²) in [5.41, 5.74) is 0. The van der Waals surface area contributed by atoms with Crippen molar-refractivity contribution in [1.82, 2.24) is 10.0 Å². The van der Waals surface area contributed by atoms with E-state index in [0.717, 1.165) is 12.8 Å². The smallest absolute Gasteiger partial charge is 0.215 e. The van der Waals surface area contributed by atoms with Crippen molar-refractivity contribution < 1.29 is 13.2 Å². The molecule has 0 spiro atoms. The number of hydrogen-bond donors (Lipinski definition) is 2. The van der Waals surface area contributed by atoms with Crippen LogP contribution in [0.4, 0.5) is 0 Å². The van der Waals surface area contributed by atoms with Gasteiger partial charge in [-0.2, -0.15) is 0 Å². The standard InChI is InChI=1S/C14H28N2O3S/c1-12(11-15-13-7-8-13)20(17,18)16-9-10-19-14-5-3-2-4-6-14/h12-16H,2-11H2,1H3. The summed E-state index contributed by atoms with van der Waals surface area (Å²) in [7, 11) is -3.22. The monoisotopic (exact) mass is 304 g/mol. The van der Waals surface area contributed by atoms with Crippen molar-refractivity contribution in [2.24, 2.45) is 0 Å². The maximum Gasteiger partial charge on any atom is 0.215 e. The molecule has 2 saturated carbocycles. The fraction of sp³-hybridized carbons (Fsp3) is 1.00. The molecule has 0 amide bonds. The minimum absolute atomic E-state index is 0.335. The average Bonchev–Trinajstić information content (AvgIpc) is 3.26. The van der Waals surface area contributed by atoms with Crippen molar-refractivity contribution in [1.29, 1.82) is 0 Å². The van der Waals surface area contributed by atoms with E-state index in [-0.39, 0.29) is 0 Å². The van der Waals surface area contributed by atoms with E-state index in [1.165, 1.54) is 32.1 Å². The predicted molar refractivity (Wildman–Crippen MR) is 80.2 cm³/mol. The van der Waals surface area contributed by atoms with Gasteiger partial charge in [-0.15, -0.1) is 0 Å². The summed E-state index contributed by atoms with van der Waals surface area (Å²) in [6.07, 6.45) is 8.70. The first kappa shape index (κ1) is 16.2. The molecule has 6 heteroatoms. The molecule has 5 nitrogen and oxygen atoms in total. The maximum atomic E-state index is 12.0. The van der Waals surface area contributed by atoms with Crippen LogP contribution in [-0.2, 0) is 14.8 Å². The van der Waals surface area contributed by atoms with Gasteiger partial charge in [0, 0.05) is 19.1 Å². The third-order valence-corrected chi connectivity index (χ3v) is 5.94. The van der Waals surface area contributed by atoms with Crippen molar-refractivity contribution in [2.45, 2.75) is 69.3 Å². The van der Waals surface area contributed by atoms with Gasteiger partial charge < -0.3 is 10.1 Å². The van der Waals surface area contributed by atoms with Gasteiger partial charge in [0.1, 0.15) is 0 Å². The predicted octanol–water partition coefficient (Wildman–Crippen LogP) is 1.40. The molecule has 0 aromatic heterocycles. The lowest BCUT2D eigenvalue weighted by molar-refractivity contribution is 0.0320. The largest absolute Gasteiger partial charge is 0.377 e. The second-order valence-corrected chi connectivity index (χ2v) is 8.25. The van der Waals surface area contributed by atoms with E-state index < -0.39 is 15.3 Å². The molecule has 0 saturated heterocycles. The van der Waals surface area contributed by atoms with Crippen molar-refractivity contribution in [2.75, 3.05) is 19.7 Å². The molecule has 2 aliphatic carbocycles. The Hall–Kier alpha value is -0.170. The van der Waals surface area contributed by atoms with Crippen molar-refractivity contribution in [3.63, 3.8) is 0 Å². The van der Waals surface area contributed by atoms with Crippen molar-refractivity contribution in [3.05, 3.63) is 0 Å². The van der Waals surface area contributed by atoms with Crippen LogP contribution in [0.1, 0.15) is 51.9 Å². The molecular formula is C14H28N2O3S. The lowest BCUT2D eigenvalue weighted by Gasteiger charge is -2.22. The van der Waals surface area contributed by atoms with E-state index in [2.05, 4.69) is 10.0 Å². The highest BCUT2D eigenvalue weighted by molar-refractivity contribution is 7.90. The number of sulfonamides is 1. The summed E-state index contributed by atoms with van der Waals surface area (Å²) in [5, 5.41) is 2.86. The summed E-state index contributed by atoms with van der Waals surface area (Å²) >= 11 is 0. The molecule has 2 fully saturated rings. The molecule has 2 N–H and O–H groups in total. The lowest BCUT2D eigenvalue weighted by atomic mass is 9.98. The van der Waals surface area contributed by atoms with Crippen LogP contribution in [-0.4, -0.2) is 45.5 Å². The van der Waals surface area contributed by atoms with E-state index in [1.54, 1.807) is 6.92 Å². The molecule has 0 bridgehead atoms. The summed E-state index contributed by atoms with van der Waals surface area (Å²) in [5.74, 6) is 0. The Morgan fingerprint density at radius 3 is 2.50 bits per heavy atom. The molecule has 0 aromatic rings. The van der Waals surface area contributed by atoms with Gasteiger partial charge >= 0.3 is 0 Å². The SMILES string of the molecule is CC(CNC1CC1)S(=O)(=O)NCCOC1CCCCC1. The van der Waals surface area contributed by atoms with Crippen LogP contribution in [0.2, 0.25) is 0 Å². The third-order valence-electron chi connectivity index (χ3n) is 4.11. The summed E-state index contributed by atoms with van der Waals surface area (Å²) < 4.78 is 32.4. The number of rotatable bonds is 9. The zero-order valence-electron chi connectivity index (χ0n) is 12.4. The van der Waals surface area contributed by atoms with Crippen LogP contribution in [0.3, 0.4) is 0 Å². The molecule has 1 atom stereocenters. The molecule has 0 aliphatic heterocycles. The van der Waals surface area contributed by atoms with Crippen LogP contribution in [0.15, 0.2) is 0 Å². The highest BCUT2D eigenvalue weighted by Gasteiger charge is 2.25. The number of ether oxygens (including phenoxy) is 1. The van der Waals surface area contributed by atoms with Gasteiger partial charge in [-0.05, 0) is 32.6 Å². The maximum absolute atomic E-state index is 12.0. The van der Waals surface area contributed by atoms with Crippen LogP contribution in [0, 0.1) is 0 Å². The molecular weight excluding hydrogens is 276 g/mol. The van der Waals surface area contributed by atoms with Crippen molar-refractivity contribution in [3.8, 4) is 0 Å². The Labute approximate surface area is 122 Å². The van der Waals surface area contributed by atoms with Crippen LogP contribution in [0.5, 0.6) is 0 Å². The van der Waals surface area contributed by atoms with Gasteiger partial charge in [-0.1, -0.05) is 19.3 Å². The highest BCUT2D eigenvalue weighted by atomic mass is 32.2. The third kappa shape index (κ3) is 5.68. The Morgan fingerprint density at radius 2 is 1.85 bits per heavy atom. The zero-order chi connectivity index (χ0) is 14.4. The van der Waals surface area contributed by atoms with Gasteiger partial charge in [0.25, 0.3) is 0 Å². The Morgan fingerprint density at radius 1 is 1.15 bits per heavy atom. The van der Waals surface area contributed by atoms with E-state index in [0.29, 0.717) is 31.8 Å². The Bertz CT molecular complexity index is 376. The van der Waals surface area contributed by atoms with Gasteiger partial charge in [-0.25, -0.2) is 13.1 Å². The van der Waals surface area contributed by atoms with Gasteiger partial charge in [-0.3, -0.25) is 0 Å². The fourth-order valence-corrected chi connectivity index (χ4v) is 3.48. The van der Waals surface area contributed by atoms with E-state index >= 15 is 0 Å². The van der Waals surface area contributed by atoms with Crippen LogP contribution in [0.25, 0.3) is 0 Å². The summed E-state index contributed by atoms with van der Waals surface area (Å²) in [4.78, 5) is 0.